The maximum Gasteiger partial charge on any atom is 0.167 e. The van der Waals surface area contributed by atoms with Gasteiger partial charge in [0.1, 0.15) is 6.33 Å². The number of rotatable bonds is 3. The molecule has 13 heavy (non-hydrogen) atoms. The van der Waals surface area contributed by atoms with Crippen molar-refractivity contribution in [2.45, 2.75) is 19.6 Å². The minimum atomic E-state index is -1.03. The summed E-state index contributed by atoms with van der Waals surface area (Å²) in [5, 5.41) is 7.46. The SMILES string of the molecule is CCn1cnnc1C(F)C1COC1. The molecule has 1 aromatic heterocycles. The zero-order chi connectivity index (χ0) is 9.26. The Labute approximate surface area is 75.7 Å². The molecule has 0 bridgehead atoms. The van der Waals surface area contributed by atoms with Crippen LogP contribution in [0.25, 0.3) is 0 Å². The second-order valence-corrected chi connectivity index (χ2v) is 3.17. The maximum absolute atomic E-state index is 13.7. The van der Waals surface area contributed by atoms with Gasteiger partial charge >= 0.3 is 0 Å². The monoisotopic (exact) mass is 185 g/mol. The van der Waals surface area contributed by atoms with Crippen molar-refractivity contribution in [3.8, 4) is 0 Å². The summed E-state index contributed by atoms with van der Waals surface area (Å²) < 4.78 is 20.3. The standard InChI is InChI=1S/C8H12FN3O/c1-2-12-5-10-11-8(12)7(9)6-3-13-4-6/h5-7H,2-4H2,1H3. The largest absolute Gasteiger partial charge is 0.380 e. The molecule has 0 aliphatic carbocycles. The molecule has 0 radical (unpaired) electrons. The Morgan fingerprint density at radius 1 is 1.77 bits per heavy atom. The van der Waals surface area contributed by atoms with E-state index in [0.29, 0.717) is 25.6 Å². The van der Waals surface area contributed by atoms with Gasteiger partial charge in [0.25, 0.3) is 0 Å². The van der Waals surface area contributed by atoms with E-state index in [4.69, 9.17) is 4.74 Å². The van der Waals surface area contributed by atoms with Crippen molar-refractivity contribution in [2.24, 2.45) is 5.92 Å². The molecular formula is C8H12FN3O. The zero-order valence-electron chi connectivity index (χ0n) is 7.48. The highest BCUT2D eigenvalue weighted by Gasteiger charge is 2.32. The Kier molecular flexibility index (Phi) is 2.26. The molecule has 0 aromatic carbocycles. The first-order valence-corrected chi connectivity index (χ1v) is 4.42. The molecule has 1 aromatic rings. The van der Waals surface area contributed by atoms with Crippen LogP contribution in [0.3, 0.4) is 0 Å². The van der Waals surface area contributed by atoms with Gasteiger partial charge in [0.2, 0.25) is 0 Å². The molecule has 1 fully saturated rings. The average molecular weight is 185 g/mol. The number of alkyl halides is 1. The Balaban J connectivity index is 2.13. The topological polar surface area (TPSA) is 39.9 Å². The summed E-state index contributed by atoms with van der Waals surface area (Å²) in [6.45, 7) is 3.64. The zero-order valence-corrected chi connectivity index (χ0v) is 7.48. The van der Waals surface area contributed by atoms with Crippen LogP contribution in [0.2, 0.25) is 0 Å². The van der Waals surface area contributed by atoms with Crippen LogP contribution >= 0.6 is 0 Å². The molecule has 2 rings (SSSR count). The van der Waals surface area contributed by atoms with Crippen LogP contribution in [0.15, 0.2) is 6.33 Å². The normalized spacial score (nSPS) is 19.8. The van der Waals surface area contributed by atoms with E-state index in [1.807, 2.05) is 6.92 Å². The first-order chi connectivity index (χ1) is 6.33. The molecule has 0 amide bonds. The summed E-state index contributed by atoms with van der Waals surface area (Å²) in [6.07, 6.45) is 0.526. The summed E-state index contributed by atoms with van der Waals surface area (Å²) >= 11 is 0. The lowest BCUT2D eigenvalue weighted by Crippen LogP contribution is -2.32. The Morgan fingerprint density at radius 2 is 2.54 bits per heavy atom. The van der Waals surface area contributed by atoms with Crippen molar-refractivity contribution in [3.63, 3.8) is 0 Å². The number of hydrogen-bond acceptors (Lipinski definition) is 3. The molecule has 5 heteroatoms. The molecule has 0 saturated carbocycles. The fourth-order valence-electron chi connectivity index (χ4n) is 1.35. The lowest BCUT2D eigenvalue weighted by Gasteiger charge is -2.28. The highest BCUT2D eigenvalue weighted by Crippen LogP contribution is 2.29. The first-order valence-electron chi connectivity index (χ1n) is 4.42. The summed E-state index contributed by atoms with van der Waals surface area (Å²) in [4.78, 5) is 0. The van der Waals surface area contributed by atoms with Gasteiger partial charge in [0, 0.05) is 12.5 Å². The fourth-order valence-corrected chi connectivity index (χ4v) is 1.35. The molecule has 2 heterocycles. The van der Waals surface area contributed by atoms with Crippen molar-refractivity contribution in [1.29, 1.82) is 0 Å². The molecule has 0 spiro atoms. The number of halogens is 1. The van der Waals surface area contributed by atoms with Crippen molar-refractivity contribution >= 4 is 0 Å². The van der Waals surface area contributed by atoms with Crippen LogP contribution in [0.4, 0.5) is 4.39 Å². The predicted octanol–water partition coefficient (Wildman–Crippen LogP) is 0.955. The quantitative estimate of drug-likeness (QED) is 0.704. The van der Waals surface area contributed by atoms with Crippen molar-refractivity contribution < 1.29 is 9.13 Å². The number of aromatic nitrogens is 3. The minimum absolute atomic E-state index is 0.0329. The highest BCUT2D eigenvalue weighted by molar-refractivity contribution is 4.95. The van der Waals surface area contributed by atoms with E-state index >= 15 is 0 Å². The number of aryl methyl sites for hydroxylation is 1. The van der Waals surface area contributed by atoms with Gasteiger partial charge in [-0.05, 0) is 6.92 Å². The molecule has 1 unspecified atom stereocenters. The van der Waals surface area contributed by atoms with Crippen LogP contribution < -0.4 is 0 Å². The van der Waals surface area contributed by atoms with E-state index < -0.39 is 6.17 Å². The molecule has 1 atom stereocenters. The Morgan fingerprint density at radius 3 is 3.08 bits per heavy atom. The molecule has 0 N–H and O–H groups in total. The number of hydrogen-bond donors (Lipinski definition) is 0. The average Bonchev–Trinajstić information content (AvgIpc) is 2.47. The third-order valence-electron chi connectivity index (χ3n) is 2.31. The highest BCUT2D eigenvalue weighted by atomic mass is 19.1. The number of ether oxygens (including phenoxy) is 1. The van der Waals surface area contributed by atoms with E-state index in [2.05, 4.69) is 10.2 Å². The third kappa shape index (κ3) is 1.44. The van der Waals surface area contributed by atoms with Crippen LogP contribution in [-0.4, -0.2) is 28.0 Å². The molecule has 4 nitrogen and oxygen atoms in total. The van der Waals surface area contributed by atoms with E-state index in [-0.39, 0.29) is 5.92 Å². The van der Waals surface area contributed by atoms with Crippen LogP contribution in [0.1, 0.15) is 18.9 Å². The summed E-state index contributed by atoms with van der Waals surface area (Å²) in [6, 6.07) is 0. The van der Waals surface area contributed by atoms with Gasteiger partial charge in [0.15, 0.2) is 12.0 Å². The van der Waals surface area contributed by atoms with E-state index in [1.54, 1.807) is 10.9 Å². The van der Waals surface area contributed by atoms with Gasteiger partial charge in [-0.2, -0.15) is 0 Å². The summed E-state index contributed by atoms with van der Waals surface area (Å²) in [7, 11) is 0. The van der Waals surface area contributed by atoms with Gasteiger partial charge in [-0.3, -0.25) is 0 Å². The van der Waals surface area contributed by atoms with Crippen molar-refractivity contribution in [2.75, 3.05) is 13.2 Å². The van der Waals surface area contributed by atoms with Crippen molar-refractivity contribution in [1.82, 2.24) is 14.8 Å². The third-order valence-corrected chi connectivity index (χ3v) is 2.31. The first kappa shape index (κ1) is 8.62. The lowest BCUT2D eigenvalue weighted by atomic mass is 10.0. The van der Waals surface area contributed by atoms with E-state index in [9.17, 15) is 4.39 Å². The van der Waals surface area contributed by atoms with Gasteiger partial charge in [-0.1, -0.05) is 0 Å². The fraction of sp³-hybridized carbons (Fsp3) is 0.750. The molecule has 1 saturated heterocycles. The van der Waals surface area contributed by atoms with Crippen molar-refractivity contribution in [3.05, 3.63) is 12.2 Å². The summed E-state index contributed by atoms with van der Waals surface area (Å²) in [5.74, 6) is 0.394. The molecule has 72 valence electrons. The van der Waals surface area contributed by atoms with Crippen LogP contribution in [-0.2, 0) is 11.3 Å². The van der Waals surface area contributed by atoms with Gasteiger partial charge < -0.3 is 9.30 Å². The Hall–Kier alpha value is -0.970. The molecular weight excluding hydrogens is 173 g/mol. The number of nitrogens with zero attached hydrogens (tertiary/aromatic N) is 3. The smallest absolute Gasteiger partial charge is 0.167 e. The Bertz CT molecular complexity index is 285. The minimum Gasteiger partial charge on any atom is -0.380 e. The predicted molar refractivity (Wildman–Crippen MR) is 43.9 cm³/mol. The van der Waals surface area contributed by atoms with Crippen LogP contribution in [0.5, 0.6) is 0 Å². The molecule has 1 aliphatic rings. The summed E-state index contributed by atoms with van der Waals surface area (Å²) in [5.41, 5.74) is 0. The van der Waals surface area contributed by atoms with E-state index in [1.165, 1.54) is 0 Å². The second-order valence-electron chi connectivity index (χ2n) is 3.17. The lowest BCUT2D eigenvalue weighted by molar-refractivity contribution is -0.0719. The van der Waals surface area contributed by atoms with E-state index in [0.717, 1.165) is 0 Å². The molecule has 1 aliphatic heterocycles. The second kappa shape index (κ2) is 3.41. The van der Waals surface area contributed by atoms with Gasteiger partial charge in [-0.25, -0.2) is 4.39 Å². The van der Waals surface area contributed by atoms with Crippen LogP contribution in [0, 0.1) is 5.92 Å². The van der Waals surface area contributed by atoms with Gasteiger partial charge in [-0.15, -0.1) is 10.2 Å². The maximum atomic E-state index is 13.7. The van der Waals surface area contributed by atoms with Gasteiger partial charge in [0.05, 0.1) is 13.2 Å².